The molecule has 186 valence electrons. The summed E-state index contributed by atoms with van der Waals surface area (Å²) in [7, 11) is 0. The van der Waals surface area contributed by atoms with Gasteiger partial charge in [0, 0.05) is 48.9 Å². The van der Waals surface area contributed by atoms with Crippen LogP contribution in [0.2, 0.25) is 0 Å². The third-order valence-corrected chi connectivity index (χ3v) is 6.21. The number of aromatic nitrogens is 3. The number of amides is 1. The number of carbonyl (C=O) groups excluding carboxylic acids is 1. The number of fused-ring (bicyclic) bond motifs is 3. The van der Waals surface area contributed by atoms with Gasteiger partial charge in [0.2, 0.25) is 0 Å². The second-order valence-electron chi connectivity index (χ2n) is 8.52. The van der Waals surface area contributed by atoms with E-state index in [9.17, 15) is 27.5 Å². The fourth-order valence-corrected chi connectivity index (χ4v) is 4.66. The number of carbonyl (C=O) groups is 1. The molecule has 4 rings (SSSR count). The number of halogens is 4. The molecular weight excluding hydrogens is 468 g/mol. The van der Waals surface area contributed by atoms with Gasteiger partial charge in [0.05, 0.1) is 23.5 Å². The summed E-state index contributed by atoms with van der Waals surface area (Å²) in [5, 5.41) is 17.1. The predicted molar refractivity (Wildman–Crippen MR) is 122 cm³/mol. The Bertz CT molecular complexity index is 1190. The molecule has 2 N–H and O–H groups in total. The summed E-state index contributed by atoms with van der Waals surface area (Å²) in [6, 6.07) is 1.28. The average Bonchev–Trinajstić information content (AvgIpc) is 3.23. The highest BCUT2D eigenvalue weighted by Crippen LogP contribution is 2.37. The molecule has 1 saturated carbocycles. The lowest BCUT2D eigenvalue weighted by atomic mass is 9.95. The lowest BCUT2D eigenvalue weighted by molar-refractivity contribution is -0.141. The van der Waals surface area contributed by atoms with Crippen LogP contribution >= 0.6 is 0 Å². The molecule has 1 saturated heterocycles. The second kappa shape index (κ2) is 9.98. The fourth-order valence-electron chi connectivity index (χ4n) is 4.66. The molecule has 1 amide bonds. The Labute approximate surface area is 198 Å². The van der Waals surface area contributed by atoms with Crippen molar-refractivity contribution in [1.29, 1.82) is 0 Å². The topological polar surface area (TPSA) is 95.6 Å². The summed E-state index contributed by atoms with van der Waals surface area (Å²) < 4.78 is 53.3. The van der Waals surface area contributed by atoms with E-state index in [1.165, 1.54) is 30.8 Å². The van der Waals surface area contributed by atoms with Crippen molar-refractivity contribution < 1.29 is 27.5 Å². The minimum atomic E-state index is -4.58. The minimum Gasteiger partial charge on any atom is -0.392 e. The molecular formula is C23H24F4N6O2. The van der Waals surface area contributed by atoms with Crippen LogP contribution < -0.4 is 5.32 Å². The van der Waals surface area contributed by atoms with Gasteiger partial charge in [-0.1, -0.05) is 12.7 Å². The van der Waals surface area contributed by atoms with Crippen molar-refractivity contribution >= 4 is 28.7 Å². The first-order valence-electron chi connectivity index (χ1n) is 11.0. The van der Waals surface area contributed by atoms with Gasteiger partial charge in [-0.05, 0) is 18.9 Å². The van der Waals surface area contributed by atoms with Crippen LogP contribution in [-0.2, 0) is 6.54 Å². The van der Waals surface area contributed by atoms with E-state index < -0.39 is 24.7 Å². The Kier molecular flexibility index (Phi) is 7.01. The number of likely N-dealkylation sites (tertiary alicyclic amines) is 1. The molecule has 1 aliphatic carbocycles. The number of aliphatic hydroxyl groups is 1. The molecule has 0 radical (unpaired) electrons. The quantitative estimate of drug-likeness (QED) is 0.456. The number of aliphatic hydroxyl groups excluding tert-OH is 1. The van der Waals surface area contributed by atoms with Crippen molar-refractivity contribution in [3.8, 4) is 0 Å². The van der Waals surface area contributed by atoms with Crippen LogP contribution in [0.4, 0.5) is 17.6 Å². The monoisotopic (exact) mass is 492 g/mol. The summed E-state index contributed by atoms with van der Waals surface area (Å²) >= 11 is 0. The number of pyridine rings is 1. The first kappa shape index (κ1) is 24.6. The molecule has 3 heterocycles. The standard InChI is InChI=1S/C23H24F4N6O2/c1-2-6-28-10-18(29-7-5-24)20-16-9-30-17(8-19(16)33(31-20)13-23(25,26)27)22(35)32-11-14-3-4-15(12-32)21(14)34/h2,5-10,14-15,21,29,34H,1,3-4,11-13H2/b7-5+,18-10-,28-6+. The van der Waals surface area contributed by atoms with Gasteiger partial charge in [-0.3, -0.25) is 19.5 Å². The lowest BCUT2D eigenvalue weighted by Gasteiger charge is -2.35. The van der Waals surface area contributed by atoms with Gasteiger partial charge in [0.25, 0.3) is 5.91 Å². The largest absolute Gasteiger partial charge is 0.408 e. The van der Waals surface area contributed by atoms with Crippen LogP contribution in [0.15, 0.2) is 48.6 Å². The molecule has 2 atom stereocenters. The number of nitrogens with one attached hydrogen (secondary N) is 1. The van der Waals surface area contributed by atoms with Crippen molar-refractivity contribution in [2.45, 2.75) is 31.7 Å². The molecule has 1 aliphatic heterocycles. The van der Waals surface area contributed by atoms with Gasteiger partial charge in [-0.25, -0.2) is 4.39 Å². The van der Waals surface area contributed by atoms with E-state index in [4.69, 9.17) is 0 Å². The average molecular weight is 492 g/mol. The molecule has 2 fully saturated rings. The molecule has 35 heavy (non-hydrogen) atoms. The van der Waals surface area contributed by atoms with Crippen LogP contribution in [0, 0.1) is 11.8 Å². The van der Waals surface area contributed by atoms with E-state index in [0.29, 0.717) is 13.1 Å². The summed E-state index contributed by atoms with van der Waals surface area (Å²) in [4.78, 5) is 22.9. The number of hydrogen-bond acceptors (Lipinski definition) is 6. The molecule has 2 unspecified atom stereocenters. The first-order valence-corrected chi connectivity index (χ1v) is 11.0. The Hall–Kier alpha value is -3.54. The first-order chi connectivity index (χ1) is 16.7. The summed E-state index contributed by atoms with van der Waals surface area (Å²) in [5.41, 5.74) is 0.190. The van der Waals surface area contributed by atoms with E-state index >= 15 is 0 Å². The third-order valence-electron chi connectivity index (χ3n) is 6.21. The number of nitrogens with zero attached hydrogens (tertiary/aromatic N) is 5. The van der Waals surface area contributed by atoms with Crippen molar-refractivity contribution in [3.63, 3.8) is 0 Å². The smallest absolute Gasteiger partial charge is 0.392 e. The number of piperidine rings is 1. The summed E-state index contributed by atoms with van der Waals surface area (Å²) in [5.74, 6) is -0.439. The number of rotatable bonds is 7. The van der Waals surface area contributed by atoms with Gasteiger partial charge >= 0.3 is 6.18 Å². The highest BCUT2D eigenvalue weighted by Gasteiger charge is 2.42. The molecule has 0 spiro atoms. The highest BCUT2D eigenvalue weighted by atomic mass is 19.4. The van der Waals surface area contributed by atoms with E-state index in [1.807, 2.05) is 0 Å². The summed E-state index contributed by atoms with van der Waals surface area (Å²) in [6.45, 7) is 2.84. The third kappa shape index (κ3) is 5.26. The molecule has 2 aromatic heterocycles. The SMILES string of the molecule is C=C/C=N/C=C(\N/C=C/F)c1nn(CC(F)(F)F)c2cc(C(=O)N3CC4CCC(C3)C4O)ncc12. The maximum Gasteiger partial charge on any atom is 0.408 e. The van der Waals surface area contributed by atoms with Gasteiger partial charge in [-0.2, -0.15) is 18.3 Å². The molecule has 2 bridgehead atoms. The van der Waals surface area contributed by atoms with E-state index in [-0.39, 0.29) is 46.2 Å². The van der Waals surface area contributed by atoms with Crippen LogP contribution in [0.5, 0.6) is 0 Å². The summed E-state index contributed by atoms with van der Waals surface area (Å²) in [6.07, 6.45) is 3.06. The van der Waals surface area contributed by atoms with E-state index in [2.05, 4.69) is 27.0 Å². The molecule has 12 heteroatoms. The minimum absolute atomic E-state index is 0.0118. The maximum absolute atomic E-state index is 13.3. The molecule has 8 nitrogen and oxygen atoms in total. The van der Waals surface area contributed by atoms with E-state index in [0.717, 1.165) is 23.7 Å². The normalized spacial score (nSPS) is 23.1. The highest BCUT2D eigenvalue weighted by molar-refractivity contribution is 5.98. The van der Waals surface area contributed by atoms with E-state index in [1.54, 1.807) is 4.90 Å². The molecule has 2 aliphatic rings. The second-order valence-corrected chi connectivity index (χ2v) is 8.52. The van der Waals surface area contributed by atoms with Crippen LogP contribution in [0.3, 0.4) is 0 Å². The van der Waals surface area contributed by atoms with Crippen molar-refractivity contribution in [3.05, 3.63) is 55.0 Å². The van der Waals surface area contributed by atoms with Gasteiger partial charge in [-0.15, -0.1) is 0 Å². The van der Waals surface area contributed by atoms with Crippen LogP contribution in [-0.4, -0.2) is 62.3 Å². The van der Waals surface area contributed by atoms with Gasteiger partial charge < -0.3 is 15.3 Å². The zero-order valence-electron chi connectivity index (χ0n) is 18.6. The molecule has 2 aromatic rings. The fraction of sp³-hybridized carbons (Fsp3) is 0.391. The number of hydrogen-bond donors (Lipinski definition) is 2. The number of alkyl halides is 3. The van der Waals surface area contributed by atoms with Crippen molar-refractivity contribution in [2.75, 3.05) is 13.1 Å². The Morgan fingerprint density at radius 2 is 2.03 bits per heavy atom. The van der Waals surface area contributed by atoms with Gasteiger partial charge in [0.15, 0.2) is 0 Å². The maximum atomic E-state index is 13.3. The zero-order valence-corrected chi connectivity index (χ0v) is 18.6. The van der Waals surface area contributed by atoms with Crippen molar-refractivity contribution in [1.82, 2.24) is 25.0 Å². The van der Waals surface area contributed by atoms with Crippen LogP contribution in [0.1, 0.15) is 29.0 Å². The zero-order chi connectivity index (χ0) is 25.2. The number of allylic oxidation sites excluding steroid dienone is 1. The molecule has 0 aromatic carbocycles. The Morgan fingerprint density at radius 3 is 2.66 bits per heavy atom. The Balaban J connectivity index is 1.75. The van der Waals surface area contributed by atoms with Crippen LogP contribution in [0.25, 0.3) is 16.6 Å². The van der Waals surface area contributed by atoms with Gasteiger partial charge in [0.1, 0.15) is 24.3 Å². The lowest BCUT2D eigenvalue weighted by Crippen LogP contribution is -2.47. The van der Waals surface area contributed by atoms with Crippen molar-refractivity contribution in [2.24, 2.45) is 16.8 Å². The Morgan fingerprint density at radius 1 is 1.31 bits per heavy atom. The predicted octanol–water partition coefficient (Wildman–Crippen LogP) is 3.42. The number of aliphatic imine (C=N–C) groups is 1.